The van der Waals surface area contributed by atoms with E-state index in [2.05, 4.69) is 20.9 Å². The zero-order valence-corrected chi connectivity index (χ0v) is 7.38. The van der Waals surface area contributed by atoms with E-state index in [1.807, 2.05) is 0 Å². The van der Waals surface area contributed by atoms with Gasteiger partial charge in [0.15, 0.2) is 0 Å². The standard InChI is InChI=1S/C7H4BrF2NO/c8-6-2-4(3-12)1-5(11-6)7(9)10/h1-3,7H. The third kappa shape index (κ3) is 2.07. The summed E-state index contributed by atoms with van der Waals surface area (Å²) in [5, 5.41) is 0. The first-order valence-electron chi connectivity index (χ1n) is 3.04. The van der Waals surface area contributed by atoms with Gasteiger partial charge in [0.25, 0.3) is 6.43 Å². The van der Waals surface area contributed by atoms with Crippen LogP contribution in [0.5, 0.6) is 0 Å². The smallest absolute Gasteiger partial charge is 0.280 e. The second kappa shape index (κ2) is 3.71. The van der Waals surface area contributed by atoms with Crippen LogP contribution in [-0.4, -0.2) is 11.3 Å². The van der Waals surface area contributed by atoms with Gasteiger partial charge in [-0.2, -0.15) is 0 Å². The first-order chi connectivity index (χ1) is 5.63. The van der Waals surface area contributed by atoms with E-state index in [9.17, 15) is 13.6 Å². The van der Waals surface area contributed by atoms with Gasteiger partial charge in [0, 0.05) is 5.56 Å². The third-order valence-corrected chi connectivity index (χ3v) is 1.60. The van der Waals surface area contributed by atoms with Crippen molar-refractivity contribution in [2.24, 2.45) is 0 Å². The Bertz CT molecular complexity index is 303. The lowest BCUT2D eigenvalue weighted by atomic mass is 10.2. The third-order valence-electron chi connectivity index (χ3n) is 1.20. The second-order valence-electron chi connectivity index (χ2n) is 2.07. The number of aldehydes is 1. The zero-order chi connectivity index (χ0) is 9.14. The molecule has 0 aliphatic heterocycles. The summed E-state index contributed by atoms with van der Waals surface area (Å²) in [6.45, 7) is 0. The maximum Gasteiger partial charge on any atom is 0.280 e. The highest BCUT2D eigenvalue weighted by Crippen LogP contribution is 2.19. The van der Waals surface area contributed by atoms with Crippen LogP contribution in [-0.2, 0) is 0 Å². The molecule has 0 fully saturated rings. The minimum absolute atomic E-state index is 0.187. The Morgan fingerprint density at radius 2 is 2.17 bits per heavy atom. The number of carbonyl (C=O) groups excluding carboxylic acids is 1. The number of pyridine rings is 1. The molecule has 1 aromatic heterocycles. The molecule has 0 spiro atoms. The van der Waals surface area contributed by atoms with Crippen molar-refractivity contribution >= 4 is 22.2 Å². The summed E-state index contributed by atoms with van der Waals surface area (Å²) in [7, 11) is 0. The Kier molecular flexibility index (Phi) is 2.86. The lowest BCUT2D eigenvalue weighted by molar-refractivity contribution is 0.112. The monoisotopic (exact) mass is 235 g/mol. The predicted octanol–water partition coefficient (Wildman–Crippen LogP) is 2.59. The molecule has 0 radical (unpaired) electrons. The maximum atomic E-state index is 12.1. The topological polar surface area (TPSA) is 30.0 Å². The Morgan fingerprint density at radius 1 is 1.50 bits per heavy atom. The molecule has 64 valence electrons. The summed E-state index contributed by atoms with van der Waals surface area (Å²) >= 11 is 2.92. The van der Waals surface area contributed by atoms with E-state index in [4.69, 9.17) is 0 Å². The van der Waals surface area contributed by atoms with Gasteiger partial charge < -0.3 is 0 Å². The number of alkyl halides is 2. The van der Waals surface area contributed by atoms with Crippen LogP contribution in [0.4, 0.5) is 8.78 Å². The largest absolute Gasteiger partial charge is 0.298 e. The molecule has 1 heterocycles. The molecule has 0 unspecified atom stereocenters. The number of halogens is 3. The number of hydrogen-bond acceptors (Lipinski definition) is 2. The zero-order valence-electron chi connectivity index (χ0n) is 5.80. The van der Waals surface area contributed by atoms with E-state index in [0.29, 0.717) is 6.29 Å². The van der Waals surface area contributed by atoms with Gasteiger partial charge in [-0.15, -0.1) is 0 Å². The van der Waals surface area contributed by atoms with Gasteiger partial charge in [-0.05, 0) is 28.1 Å². The summed E-state index contributed by atoms with van der Waals surface area (Å²) in [6, 6.07) is 2.43. The van der Waals surface area contributed by atoms with Crippen molar-refractivity contribution in [3.05, 3.63) is 28.0 Å². The first kappa shape index (κ1) is 9.25. The Labute approximate surface area is 75.7 Å². The fourth-order valence-corrected chi connectivity index (χ4v) is 1.19. The molecule has 5 heteroatoms. The van der Waals surface area contributed by atoms with Gasteiger partial charge in [-0.25, -0.2) is 13.8 Å². The molecule has 0 amide bonds. The molecule has 0 aromatic carbocycles. The fraction of sp³-hybridized carbons (Fsp3) is 0.143. The molecule has 0 N–H and O–H groups in total. The molecule has 0 saturated carbocycles. The van der Waals surface area contributed by atoms with E-state index < -0.39 is 12.1 Å². The van der Waals surface area contributed by atoms with Gasteiger partial charge in [-0.3, -0.25) is 4.79 Å². The van der Waals surface area contributed by atoms with Crippen LogP contribution in [0, 0.1) is 0 Å². The van der Waals surface area contributed by atoms with Crippen LogP contribution in [0.1, 0.15) is 22.5 Å². The quantitative estimate of drug-likeness (QED) is 0.583. The highest BCUT2D eigenvalue weighted by molar-refractivity contribution is 9.10. The van der Waals surface area contributed by atoms with Crippen LogP contribution >= 0.6 is 15.9 Å². The van der Waals surface area contributed by atoms with Crippen LogP contribution in [0.25, 0.3) is 0 Å². The van der Waals surface area contributed by atoms with Crippen molar-refractivity contribution in [3.8, 4) is 0 Å². The Morgan fingerprint density at radius 3 is 2.67 bits per heavy atom. The summed E-state index contributed by atoms with van der Waals surface area (Å²) in [4.78, 5) is 13.7. The van der Waals surface area contributed by atoms with Crippen molar-refractivity contribution < 1.29 is 13.6 Å². The van der Waals surface area contributed by atoms with Gasteiger partial charge >= 0.3 is 0 Å². The Balaban J connectivity index is 3.14. The van der Waals surface area contributed by atoms with Crippen molar-refractivity contribution in [3.63, 3.8) is 0 Å². The molecule has 0 saturated heterocycles. The van der Waals surface area contributed by atoms with Crippen molar-refractivity contribution in [2.75, 3.05) is 0 Å². The maximum absolute atomic E-state index is 12.1. The molecule has 2 nitrogen and oxygen atoms in total. The highest BCUT2D eigenvalue weighted by Gasteiger charge is 2.10. The molecular weight excluding hydrogens is 232 g/mol. The molecule has 1 aromatic rings. The molecule has 12 heavy (non-hydrogen) atoms. The normalized spacial score (nSPS) is 10.3. The highest BCUT2D eigenvalue weighted by atomic mass is 79.9. The van der Waals surface area contributed by atoms with Crippen LogP contribution in [0.3, 0.4) is 0 Å². The fourth-order valence-electron chi connectivity index (χ4n) is 0.718. The average molecular weight is 236 g/mol. The first-order valence-corrected chi connectivity index (χ1v) is 3.83. The van der Waals surface area contributed by atoms with Gasteiger partial charge in [0.1, 0.15) is 16.6 Å². The summed E-state index contributed by atoms with van der Waals surface area (Å²) in [5.41, 5.74) is -0.210. The average Bonchev–Trinajstić information content (AvgIpc) is 2.03. The van der Waals surface area contributed by atoms with Crippen LogP contribution in [0.2, 0.25) is 0 Å². The summed E-state index contributed by atoms with van der Waals surface area (Å²) in [6.07, 6.45) is -2.15. The molecule has 0 aliphatic rings. The number of aromatic nitrogens is 1. The van der Waals surface area contributed by atoms with Crippen LogP contribution in [0.15, 0.2) is 16.7 Å². The number of hydrogen-bond donors (Lipinski definition) is 0. The van der Waals surface area contributed by atoms with E-state index >= 15 is 0 Å². The van der Waals surface area contributed by atoms with Crippen molar-refractivity contribution in [1.82, 2.24) is 4.98 Å². The Hall–Kier alpha value is -0.840. The van der Waals surface area contributed by atoms with Gasteiger partial charge in [0.05, 0.1) is 0 Å². The lowest BCUT2D eigenvalue weighted by Crippen LogP contribution is -1.93. The van der Waals surface area contributed by atoms with Crippen molar-refractivity contribution in [2.45, 2.75) is 6.43 Å². The molecule has 1 rings (SSSR count). The SMILES string of the molecule is O=Cc1cc(Br)nc(C(F)F)c1. The van der Waals surface area contributed by atoms with Gasteiger partial charge in [-0.1, -0.05) is 0 Å². The van der Waals surface area contributed by atoms with E-state index in [1.54, 1.807) is 0 Å². The van der Waals surface area contributed by atoms with E-state index in [-0.39, 0.29) is 10.2 Å². The second-order valence-corrected chi connectivity index (χ2v) is 2.88. The minimum Gasteiger partial charge on any atom is -0.298 e. The number of nitrogens with zero attached hydrogens (tertiary/aromatic N) is 1. The molecule has 0 atom stereocenters. The number of carbonyl (C=O) groups is 1. The molecular formula is C7H4BrF2NO. The van der Waals surface area contributed by atoms with Crippen molar-refractivity contribution in [1.29, 1.82) is 0 Å². The minimum atomic E-state index is -2.65. The van der Waals surface area contributed by atoms with E-state index in [0.717, 1.165) is 6.07 Å². The lowest BCUT2D eigenvalue weighted by Gasteiger charge is -1.99. The molecule has 0 bridgehead atoms. The van der Waals surface area contributed by atoms with Crippen LogP contribution < -0.4 is 0 Å². The summed E-state index contributed by atoms with van der Waals surface area (Å²) in [5.74, 6) is 0. The predicted molar refractivity (Wildman–Crippen MR) is 42.3 cm³/mol. The van der Waals surface area contributed by atoms with E-state index in [1.165, 1.54) is 6.07 Å². The molecule has 0 aliphatic carbocycles. The van der Waals surface area contributed by atoms with Gasteiger partial charge in [0.2, 0.25) is 0 Å². The number of rotatable bonds is 2. The summed E-state index contributed by atoms with van der Waals surface area (Å²) < 4.78 is 24.4.